The van der Waals surface area contributed by atoms with Gasteiger partial charge in [-0.2, -0.15) is 0 Å². The molecule has 0 radical (unpaired) electrons. The van der Waals surface area contributed by atoms with E-state index in [0.29, 0.717) is 0 Å². The summed E-state index contributed by atoms with van der Waals surface area (Å²) in [5, 5.41) is 4.69. The van der Waals surface area contributed by atoms with Crippen LogP contribution in [0.4, 0.5) is 0 Å². The zero-order valence-electron chi connectivity index (χ0n) is 30.8. The van der Waals surface area contributed by atoms with Crippen molar-refractivity contribution in [1.29, 1.82) is 0 Å². The van der Waals surface area contributed by atoms with E-state index in [1.165, 1.54) is 34.1 Å². The van der Waals surface area contributed by atoms with E-state index < -0.39 is 13.3 Å². The van der Waals surface area contributed by atoms with Crippen LogP contribution in [0.5, 0.6) is 0 Å². The van der Waals surface area contributed by atoms with Crippen LogP contribution in [0.15, 0.2) is 205 Å². The minimum absolute atomic E-state index is 0.739. The molecule has 57 heavy (non-hydrogen) atoms. The third-order valence-electron chi connectivity index (χ3n) is 11.9. The molecule has 0 bridgehead atoms. The predicted octanol–water partition coefficient (Wildman–Crippen LogP) is 10.2. The van der Waals surface area contributed by atoms with Gasteiger partial charge in [-0.3, -0.25) is 0 Å². The fourth-order valence-electron chi connectivity index (χ4n) is 9.52. The van der Waals surface area contributed by atoms with E-state index in [-0.39, 0.29) is 0 Å². The summed E-state index contributed by atoms with van der Waals surface area (Å²) in [6.07, 6.45) is 0. The van der Waals surface area contributed by atoms with E-state index in [1.54, 1.807) is 0 Å². The second-order valence-electron chi connectivity index (χ2n) is 14.8. The Bertz CT molecular complexity index is 3300. The van der Waals surface area contributed by atoms with Crippen molar-refractivity contribution in [3.8, 4) is 39.5 Å². The SMILES string of the molecule is c1ccc(-c2nc(-c3ccc(-n4c5ccccc5c5c6c(ccc54)oc4ccccc46)cc3)n[c]3c2-c2cccc[c]2[Ge]3([c]2ccccc2)[c]2ccccc2)cc1. The van der Waals surface area contributed by atoms with Gasteiger partial charge in [0, 0.05) is 0 Å². The van der Waals surface area contributed by atoms with Crippen LogP contribution in [0, 0.1) is 0 Å². The van der Waals surface area contributed by atoms with Crippen molar-refractivity contribution in [2.24, 2.45) is 0 Å². The second-order valence-corrected chi connectivity index (χ2v) is 22.5. The molecule has 0 saturated carbocycles. The van der Waals surface area contributed by atoms with Crippen LogP contribution in [0.1, 0.15) is 0 Å². The maximum atomic E-state index is 6.33. The van der Waals surface area contributed by atoms with Crippen LogP contribution in [0.25, 0.3) is 83.2 Å². The molecule has 0 fully saturated rings. The van der Waals surface area contributed by atoms with Crippen molar-refractivity contribution in [2.45, 2.75) is 0 Å². The summed E-state index contributed by atoms with van der Waals surface area (Å²) < 4.78 is 14.0. The molecule has 3 aromatic heterocycles. The van der Waals surface area contributed by atoms with Crippen molar-refractivity contribution < 1.29 is 4.42 Å². The first-order chi connectivity index (χ1) is 28.3. The second kappa shape index (κ2) is 12.5. The number of fused-ring (bicyclic) bond motifs is 10. The monoisotopic (exact) mass is 789 g/mol. The van der Waals surface area contributed by atoms with Crippen molar-refractivity contribution in [3.63, 3.8) is 0 Å². The number of para-hydroxylation sites is 2. The summed E-state index contributed by atoms with van der Waals surface area (Å²) in [5.74, 6) is 0.739. The van der Waals surface area contributed by atoms with Crippen LogP contribution in [0.2, 0.25) is 0 Å². The summed E-state index contributed by atoms with van der Waals surface area (Å²) in [6.45, 7) is 0. The maximum absolute atomic E-state index is 6.33. The summed E-state index contributed by atoms with van der Waals surface area (Å²) in [6, 6.07) is 72.0. The Morgan fingerprint density at radius 1 is 0.439 bits per heavy atom. The Hall–Kier alpha value is -7.02. The predicted molar refractivity (Wildman–Crippen MR) is 237 cm³/mol. The molecule has 0 aliphatic carbocycles. The van der Waals surface area contributed by atoms with Gasteiger partial charge in [0.05, 0.1) is 0 Å². The van der Waals surface area contributed by atoms with Crippen LogP contribution in [-0.2, 0) is 0 Å². The Morgan fingerprint density at radius 2 is 1.07 bits per heavy atom. The van der Waals surface area contributed by atoms with Gasteiger partial charge >= 0.3 is 299 Å². The van der Waals surface area contributed by atoms with Crippen LogP contribution < -0.4 is 17.7 Å². The van der Waals surface area contributed by atoms with Gasteiger partial charge in [-0.05, 0) is 6.07 Å². The quantitative estimate of drug-likeness (QED) is 0.163. The molecule has 0 N–H and O–H groups in total. The molecule has 4 nitrogen and oxygen atoms in total. The molecule has 0 spiro atoms. The zero-order valence-corrected chi connectivity index (χ0v) is 32.9. The third kappa shape index (κ3) is 4.62. The van der Waals surface area contributed by atoms with Gasteiger partial charge < -0.3 is 4.42 Å². The standard InChI is InChI=1S/C52H33GeN3O/c1-4-16-34(17-5-1)50-49-39-22-10-13-25-42(39)53(36-18-6-2-7-19-36,37-20-8-3-9-21-37)51(49)55-52(54-50)35-28-30-38(31-29-35)56-43-26-14-11-23-40(43)47-44(56)32-33-46-48(47)41-24-12-15-27-45(41)57-46/h1-33H. The molecule has 0 unspecified atom stereocenters. The molecular weight excluding hydrogens is 755 g/mol. The number of nitrogens with zero attached hydrogens (tertiary/aromatic N) is 3. The van der Waals surface area contributed by atoms with E-state index in [2.05, 4.69) is 199 Å². The van der Waals surface area contributed by atoms with Crippen molar-refractivity contribution >= 4 is 74.7 Å². The van der Waals surface area contributed by atoms with Crippen molar-refractivity contribution in [1.82, 2.24) is 14.5 Å². The molecule has 5 heteroatoms. The molecule has 1 aliphatic rings. The van der Waals surface area contributed by atoms with Crippen LogP contribution in [-0.4, -0.2) is 27.8 Å². The van der Waals surface area contributed by atoms with Gasteiger partial charge in [-0.25, -0.2) is 0 Å². The summed E-state index contributed by atoms with van der Waals surface area (Å²) >= 11 is -3.65. The Balaban J connectivity index is 1.10. The summed E-state index contributed by atoms with van der Waals surface area (Å²) in [4.78, 5) is 11.2. The first-order valence-corrected chi connectivity index (χ1v) is 23.6. The number of hydrogen-bond acceptors (Lipinski definition) is 3. The molecule has 0 atom stereocenters. The van der Waals surface area contributed by atoms with E-state index in [4.69, 9.17) is 14.4 Å². The third-order valence-corrected chi connectivity index (χ3v) is 21.8. The van der Waals surface area contributed by atoms with Gasteiger partial charge in [0.1, 0.15) is 5.58 Å². The molecule has 0 saturated heterocycles. The molecule has 4 heterocycles. The Kier molecular flexibility index (Phi) is 7.07. The molecule has 0 amide bonds. The van der Waals surface area contributed by atoms with Crippen molar-refractivity contribution in [3.05, 3.63) is 200 Å². The first-order valence-electron chi connectivity index (χ1n) is 19.4. The molecule has 1 aliphatic heterocycles. The van der Waals surface area contributed by atoms with Gasteiger partial charge in [-0.15, -0.1) is 0 Å². The number of benzene rings is 8. The normalized spacial score (nSPS) is 13.1. The number of aromatic nitrogens is 3. The van der Waals surface area contributed by atoms with Gasteiger partial charge in [0.25, 0.3) is 0 Å². The van der Waals surface area contributed by atoms with E-state index >= 15 is 0 Å². The van der Waals surface area contributed by atoms with Crippen LogP contribution >= 0.6 is 0 Å². The van der Waals surface area contributed by atoms with Gasteiger partial charge in [0.2, 0.25) is 0 Å². The van der Waals surface area contributed by atoms with Gasteiger partial charge in [0.15, 0.2) is 0 Å². The fraction of sp³-hybridized carbons (Fsp3) is 0. The van der Waals surface area contributed by atoms with Crippen molar-refractivity contribution in [2.75, 3.05) is 0 Å². The number of hydrogen-bond donors (Lipinski definition) is 0. The summed E-state index contributed by atoms with van der Waals surface area (Å²) in [5.41, 5.74) is 10.6. The average molecular weight is 788 g/mol. The Morgan fingerprint density at radius 3 is 1.82 bits per heavy atom. The fourth-order valence-corrected chi connectivity index (χ4v) is 20.0. The van der Waals surface area contributed by atoms with Crippen LogP contribution in [0.3, 0.4) is 0 Å². The van der Waals surface area contributed by atoms with E-state index in [0.717, 1.165) is 66.9 Å². The average Bonchev–Trinajstić information content (AvgIpc) is 3.93. The summed E-state index contributed by atoms with van der Waals surface area (Å²) in [7, 11) is 0. The minimum atomic E-state index is -3.65. The molecule has 12 rings (SSSR count). The number of furan rings is 1. The molecule has 266 valence electrons. The Labute approximate surface area is 331 Å². The molecular formula is C52H33GeN3O. The number of rotatable bonds is 5. The zero-order chi connectivity index (χ0) is 37.5. The topological polar surface area (TPSA) is 43.9 Å². The molecule has 11 aromatic rings. The van der Waals surface area contributed by atoms with E-state index in [1.807, 2.05) is 6.07 Å². The molecule has 8 aromatic carbocycles. The van der Waals surface area contributed by atoms with E-state index in [9.17, 15) is 0 Å². The first kappa shape index (κ1) is 32.2. The van der Waals surface area contributed by atoms with Gasteiger partial charge in [-0.1, -0.05) is 18.2 Å².